The van der Waals surface area contributed by atoms with Crippen LogP contribution in [0.5, 0.6) is 0 Å². The van der Waals surface area contributed by atoms with Crippen molar-refractivity contribution in [1.82, 2.24) is 0 Å². The summed E-state index contributed by atoms with van der Waals surface area (Å²) in [5, 5.41) is 12.0. The van der Waals surface area contributed by atoms with Gasteiger partial charge in [-0.1, -0.05) is 42.8 Å². The van der Waals surface area contributed by atoms with Crippen molar-refractivity contribution >= 4 is 22.6 Å². The molecule has 102 valence electrons. The Morgan fingerprint density at radius 2 is 1.85 bits per heavy atom. The monoisotopic (exact) mass is 286 g/mol. The lowest BCUT2D eigenvalue weighted by Gasteiger charge is -2.08. The number of hydrogen-bond donors (Lipinski definition) is 1. The van der Waals surface area contributed by atoms with Crippen LogP contribution in [0.4, 0.5) is 0 Å². The lowest BCUT2D eigenvalue weighted by molar-refractivity contribution is 0.192. The van der Waals surface area contributed by atoms with Gasteiger partial charge in [0, 0.05) is 10.4 Å². The van der Waals surface area contributed by atoms with Crippen LogP contribution in [0.2, 0.25) is 5.02 Å². The number of hydrogen-bond acceptors (Lipinski definition) is 2. The first-order chi connectivity index (χ1) is 9.67. The normalized spacial score (nSPS) is 12.8. The third kappa shape index (κ3) is 2.45. The van der Waals surface area contributed by atoms with Gasteiger partial charge in [-0.25, -0.2) is 0 Å². The smallest absolute Gasteiger partial charge is 0.138 e. The van der Waals surface area contributed by atoms with Gasteiger partial charge in [0.25, 0.3) is 0 Å². The fourth-order valence-electron chi connectivity index (χ4n) is 2.27. The molecular weight excluding hydrogens is 272 g/mol. The second-order valence-electron chi connectivity index (χ2n) is 4.83. The van der Waals surface area contributed by atoms with E-state index >= 15 is 0 Å². The highest BCUT2D eigenvalue weighted by molar-refractivity contribution is 6.31. The fourth-order valence-corrected chi connectivity index (χ4v) is 2.45. The summed E-state index contributed by atoms with van der Waals surface area (Å²) in [6.07, 6.45) is 0.228. The minimum Gasteiger partial charge on any atom is -0.458 e. The molecule has 0 saturated carbocycles. The van der Waals surface area contributed by atoms with Crippen molar-refractivity contribution in [3.63, 3.8) is 0 Å². The molecule has 0 radical (unpaired) electrons. The molecule has 0 aliphatic rings. The van der Waals surface area contributed by atoms with Crippen LogP contribution in [0.15, 0.2) is 52.9 Å². The van der Waals surface area contributed by atoms with E-state index in [9.17, 15) is 5.11 Å². The largest absolute Gasteiger partial charge is 0.458 e. The quantitative estimate of drug-likeness (QED) is 0.755. The van der Waals surface area contributed by atoms with Crippen LogP contribution >= 0.6 is 11.6 Å². The van der Waals surface area contributed by atoms with E-state index in [1.807, 2.05) is 42.5 Å². The Kier molecular flexibility index (Phi) is 3.51. The van der Waals surface area contributed by atoms with Gasteiger partial charge in [0.1, 0.15) is 17.4 Å². The Hall–Kier alpha value is -1.77. The minimum absolute atomic E-state index is 0.534. The zero-order valence-corrected chi connectivity index (χ0v) is 11.9. The summed E-state index contributed by atoms with van der Waals surface area (Å²) in [5.74, 6) is 0.534. The Morgan fingerprint density at radius 3 is 2.55 bits per heavy atom. The first-order valence-corrected chi connectivity index (χ1v) is 7.01. The Morgan fingerprint density at radius 1 is 1.10 bits per heavy atom. The van der Waals surface area contributed by atoms with Crippen molar-refractivity contribution in [2.45, 2.75) is 19.4 Å². The van der Waals surface area contributed by atoms with E-state index in [1.54, 1.807) is 6.07 Å². The second kappa shape index (κ2) is 5.31. The lowest BCUT2D eigenvalue weighted by Crippen LogP contribution is -1.97. The van der Waals surface area contributed by atoms with Gasteiger partial charge in [0.05, 0.1) is 0 Å². The Bertz CT molecular complexity index is 728. The van der Waals surface area contributed by atoms with Crippen LogP contribution in [0.1, 0.15) is 29.9 Å². The zero-order chi connectivity index (χ0) is 14.1. The zero-order valence-electron chi connectivity index (χ0n) is 11.1. The van der Waals surface area contributed by atoms with Gasteiger partial charge in [0.2, 0.25) is 0 Å². The molecule has 0 aliphatic carbocycles. The van der Waals surface area contributed by atoms with Gasteiger partial charge in [-0.15, -0.1) is 0 Å². The highest BCUT2D eigenvalue weighted by atomic mass is 35.5. The minimum atomic E-state index is -0.757. The summed E-state index contributed by atoms with van der Waals surface area (Å²) in [4.78, 5) is 0. The predicted octanol–water partition coefficient (Wildman–Crippen LogP) is 4.73. The SMILES string of the molecule is CCc1ccc(C(O)c2cc3cc(Cl)ccc3o2)cc1. The summed E-state index contributed by atoms with van der Waals surface area (Å²) in [7, 11) is 0. The standard InChI is InChI=1S/C17H15ClO2/c1-2-11-3-5-12(6-4-11)17(19)16-10-13-9-14(18)7-8-15(13)20-16/h3-10,17,19H,2H2,1H3. The fraction of sp³-hybridized carbons (Fsp3) is 0.176. The van der Waals surface area contributed by atoms with E-state index in [2.05, 4.69) is 6.92 Å². The molecule has 20 heavy (non-hydrogen) atoms. The summed E-state index contributed by atoms with van der Waals surface area (Å²) in [6, 6.07) is 15.2. The van der Waals surface area contributed by atoms with Gasteiger partial charge in [-0.05, 0) is 41.8 Å². The topological polar surface area (TPSA) is 33.4 Å². The van der Waals surface area contributed by atoms with Gasteiger partial charge in [-0.3, -0.25) is 0 Å². The molecule has 1 heterocycles. The van der Waals surface area contributed by atoms with E-state index in [1.165, 1.54) is 5.56 Å². The number of rotatable bonds is 3. The van der Waals surface area contributed by atoms with Crippen molar-refractivity contribution in [2.24, 2.45) is 0 Å². The molecular formula is C17H15ClO2. The number of aliphatic hydroxyl groups is 1. The maximum Gasteiger partial charge on any atom is 0.138 e. The molecule has 0 saturated heterocycles. The molecule has 1 unspecified atom stereocenters. The molecule has 1 N–H and O–H groups in total. The molecule has 2 aromatic carbocycles. The van der Waals surface area contributed by atoms with Crippen molar-refractivity contribution < 1.29 is 9.52 Å². The summed E-state index contributed by atoms with van der Waals surface area (Å²) < 4.78 is 5.69. The van der Waals surface area contributed by atoms with E-state index in [4.69, 9.17) is 16.0 Å². The molecule has 3 aromatic rings. The van der Waals surface area contributed by atoms with Gasteiger partial charge in [-0.2, -0.15) is 0 Å². The van der Waals surface area contributed by atoms with Crippen molar-refractivity contribution in [1.29, 1.82) is 0 Å². The molecule has 0 bridgehead atoms. The number of aliphatic hydroxyl groups excluding tert-OH is 1. The van der Waals surface area contributed by atoms with Crippen LogP contribution in [-0.4, -0.2) is 5.11 Å². The van der Waals surface area contributed by atoms with Crippen molar-refractivity contribution in [3.05, 3.63) is 70.4 Å². The van der Waals surface area contributed by atoms with Crippen LogP contribution in [-0.2, 0) is 6.42 Å². The lowest BCUT2D eigenvalue weighted by atomic mass is 10.0. The number of benzene rings is 2. The highest BCUT2D eigenvalue weighted by Crippen LogP contribution is 2.29. The molecule has 0 spiro atoms. The molecule has 0 aliphatic heterocycles. The molecule has 2 nitrogen and oxygen atoms in total. The van der Waals surface area contributed by atoms with Crippen LogP contribution in [0.25, 0.3) is 11.0 Å². The van der Waals surface area contributed by atoms with E-state index in [-0.39, 0.29) is 0 Å². The maximum atomic E-state index is 10.4. The average molecular weight is 287 g/mol. The maximum absolute atomic E-state index is 10.4. The summed E-state index contributed by atoms with van der Waals surface area (Å²) >= 11 is 5.95. The van der Waals surface area contributed by atoms with Crippen molar-refractivity contribution in [3.8, 4) is 0 Å². The first-order valence-electron chi connectivity index (χ1n) is 6.63. The van der Waals surface area contributed by atoms with Crippen LogP contribution < -0.4 is 0 Å². The average Bonchev–Trinajstić information content (AvgIpc) is 2.89. The molecule has 0 amide bonds. The second-order valence-corrected chi connectivity index (χ2v) is 5.27. The predicted molar refractivity (Wildman–Crippen MR) is 81.1 cm³/mol. The number of furan rings is 1. The van der Waals surface area contributed by atoms with E-state index in [0.717, 1.165) is 23.0 Å². The van der Waals surface area contributed by atoms with Gasteiger partial charge >= 0.3 is 0 Å². The summed E-state index contributed by atoms with van der Waals surface area (Å²) in [6.45, 7) is 2.11. The number of aryl methyl sites for hydroxylation is 1. The molecule has 0 fully saturated rings. The third-order valence-electron chi connectivity index (χ3n) is 3.47. The van der Waals surface area contributed by atoms with E-state index in [0.29, 0.717) is 10.8 Å². The van der Waals surface area contributed by atoms with Gasteiger partial charge < -0.3 is 9.52 Å². The van der Waals surface area contributed by atoms with Crippen LogP contribution in [0, 0.1) is 0 Å². The Labute approximate surface area is 122 Å². The molecule has 3 heteroatoms. The highest BCUT2D eigenvalue weighted by Gasteiger charge is 2.15. The molecule has 1 aromatic heterocycles. The molecule has 1 atom stereocenters. The summed E-state index contributed by atoms with van der Waals surface area (Å²) in [5.41, 5.74) is 2.80. The number of halogens is 1. The first kappa shape index (κ1) is 13.2. The Balaban J connectivity index is 1.96. The third-order valence-corrected chi connectivity index (χ3v) is 3.71. The molecule has 3 rings (SSSR count). The van der Waals surface area contributed by atoms with Crippen LogP contribution in [0.3, 0.4) is 0 Å². The number of fused-ring (bicyclic) bond motifs is 1. The van der Waals surface area contributed by atoms with Gasteiger partial charge in [0.15, 0.2) is 0 Å². The van der Waals surface area contributed by atoms with Crippen molar-refractivity contribution in [2.75, 3.05) is 0 Å². The van der Waals surface area contributed by atoms with E-state index < -0.39 is 6.10 Å².